The zero-order valence-corrected chi connectivity index (χ0v) is 19.7. The van der Waals surface area contributed by atoms with E-state index in [9.17, 15) is 13.2 Å². The van der Waals surface area contributed by atoms with Crippen molar-refractivity contribution in [2.75, 3.05) is 11.8 Å². The molecular formula is C21H18Cl2N2O4S2. The lowest BCUT2D eigenvalue weighted by Crippen LogP contribution is -2.14. The fraction of sp³-hybridized carbons (Fsp3) is 0.143. The first-order chi connectivity index (χ1) is 14.7. The number of sulfonamides is 1. The molecule has 0 spiro atoms. The summed E-state index contributed by atoms with van der Waals surface area (Å²) in [6, 6.07) is 13.0. The van der Waals surface area contributed by atoms with Crippen molar-refractivity contribution >= 4 is 56.6 Å². The molecule has 1 heterocycles. The van der Waals surface area contributed by atoms with E-state index in [-0.39, 0.29) is 10.5 Å². The van der Waals surface area contributed by atoms with Gasteiger partial charge in [0.15, 0.2) is 0 Å². The Hall–Kier alpha value is -2.26. The standard InChI is InChI=1S/C21H18Cl2N2O4S2/c1-13-3-6-16(10-17(13)21(26)29-2)31(27,28)25-15-5-8-20(24-11-15)30-12-14-4-7-18(22)19(23)9-14/h3-11,25H,12H2,1-2H3. The lowest BCUT2D eigenvalue weighted by atomic mass is 10.1. The van der Waals surface area contributed by atoms with E-state index in [1.165, 1.54) is 37.2 Å². The zero-order valence-electron chi connectivity index (χ0n) is 16.6. The zero-order chi connectivity index (χ0) is 22.6. The largest absolute Gasteiger partial charge is 0.465 e. The summed E-state index contributed by atoms with van der Waals surface area (Å²) in [6.07, 6.45) is 1.43. The number of aryl methyl sites for hydroxylation is 1. The van der Waals surface area contributed by atoms with Crippen LogP contribution in [0.15, 0.2) is 64.6 Å². The van der Waals surface area contributed by atoms with Crippen LogP contribution in [0.3, 0.4) is 0 Å². The van der Waals surface area contributed by atoms with Crippen LogP contribution in [0.2, 0.25) is 10.0 Å². The van der Waals surface area contributed by atoms with Gasteiger partial charge in [-0.1, -0.05) is 35.3 Å². The van der Waals surface area contributed by atoms with Crippen molar-refractivity contribution in [2.24, 2.45) is 0 Å². The summed E-state index contributed by atoms with van der Waals surface area (Å²) in [5.74, 6) is 0.0359. The lowest BCUT2D eigenvalue weighted by Gasteiger charge is -2.11. The summed E-state index contributed by atoms with van der Waals surface area (Å²) in [5, 5.41) is 1.71. The molecule has 31 heavy (non-hydrogen) atoms. The number of benzene rings is 2. The number of hydrogen-bond acceptors (Lipinski definition) is 6. The van der Waals surface area contributed by atoms with Crippen LogP contribution < -0.4 is 4.72 Å². The number of methoxy groups -OCH3 is 1. The number of carbonyl (C=O) groups excluding carboxylic acids is 1. The van der Waals surface area contributed by atoms with Crippen LogP contribution in [0.1, 0.15) is 21.5 Å². The number of esters is 1. The average molecular weight is 497 g/mol. The van der Waals surface area contributed by atoms with E-state index in [4.69, 9.17) is 27.9 Å². The number of nitrogens with zero attached hydrogens (tertiary/aromatic N) is 1. The molecule has 1 aromatic heterocycles. The second-order valence-corrected chi connectivity index (χ2v) is 9.99. The summed E-state index contributed by atoms with van der Waals surface area (Å²) in [5.41, 5.74) is 2.11. The third-order valence-electron chi connectivity index (χ3n) is 4.28. The van der Waals surface area contributed by atoms with E-state index in [1.807, 2.05) is 6.07 Å². The van der Waals surface area contributed by atoms with Crippen LogP contribution in [0, 0.1) is 6.92 Å². The molecule has 0 aliphatic rings. The molecule has 0 unspecified atom stereocenters. The van der Waals surface area contributed by atoms with Crippen LogP contribution in [-0.2, 0) is 20.5 Å². The number of halogens is 2. The van der Waals surface area contributed by atoms with Gasteiger partial charge in [-0.05, 0) is 54.4 Å². The number of rotatable bonds is 7. The Morgan fingerprint density at radius 2 is 1.87 bits per heavy atom. The molecule has 10 heteroatoms. The van der Waals surface area contributed by atoms with Gasteiger partial charge in [0.25, 0.3) is 10.0 Å². The maximum Gasteiger partial charge on any atom is 0.338 e. The van der Waals surface area contributed by atoms with Gasteiger partial charge in [-0.25, -0.2) is 18.2 Å². The number of aromatic nitrogens is 1. The van der Waals surface area contributed by atoms with Crippen molar-refractivity contribution in [1.82, 2.24) is 4.98 Å². The van der Waals surface area contributed by atoms with Crippen molar-refractivity contribution in [3.8, 4) is 0 Å². The van der Waals surface area contributed by atoms with Crippen LogP contribution in [0.25, 0.3) is 0 Å². The Morgan fingerprint density at radius 3 is 2.52 bits per heavy atom. The number of carbonyl (C=O) groups is 1. The Balaban J connectivity index is 1.70. The topological polar surface area (TPSA) is 85.4 Å². The van der Waals surface area contributed by atoms with Crippen LogP contribution >= 0.6 is 35.0 Å². The Bertz CT molecular complexity index is 1220. The molecule has 6 nitrogen and oxygen atoms in total. The van der Waals surface area contributed by atoms with Crippen LogP contribution in [0.4, 0.5) is 5.69 Å². The first-order valence-corrected chi connectivity index (χ1v) is 12.2. The second-order valence-electron chi connectivity index (χ2n) is 6.50. The molecule has 0 radical (unpaired) electrons. The van der Waals surface area contributed by atoms with Gasteiger partial charge in [0.05, 0.1) is 44.5 Å². The quantitative estimate of drug-likeness (QED) is 0.339. The molecule has 0 aliphatic carbocycles. The van der Waals surface area contributed by atoms with Gasteiger partial charge < -0.3 is 4.74 Å². The number of nitrogens with one attached hydrogen (secondary N) is 1. The van der Waals surface area contributed by atoms with E-state index < -0.39 is 16.0 Å². The average Bonchev–Trinajstić information content (AvgIpc) is 2.75. The SMILES string of the molecule is COC(=O)c1cc(S(=O)(=O)Nc2ccc(SCc3ccc(Cl)c(Cl)c3)nc2)ccc1C. The van der Waals surface area contributed by atoms with E-state index in [2.05, 4.69) is 9.71 Å². The highest BCUT2D eigenvalue weighted by atomic mass is 35.5. The van der Waals surface area contributed by atoms with Crippen molar-refractivity contribution in [3.05, 3.63) is 81.5 Å². The van der Waals surface area contributed by atoms with Crippen molar-refractivity contribution in [2.45, 2.75) is 22.6 Å². The molecule has 0 atom stereocenters. The molecule has 0 saturated heterocycles. The third kappa shape index (κ3) is 5.92. The summed E-state index contributed by atoms with van der Waals surface area (Å²) in [4.78, 5) is 16.1. The number of pyridine rings is 1. The molecule has 0 fully saturated rings. The number of ether oxygens (including phenoxy) is 1. The highest BCUT2D eigenvalue weighted by Crippen LogP contribution is 2.27. The van der Waals surface area contributed by atoms with Crippen LogP contribution in [-0.4, -0.2) is 26.5 Å². The fourth-order valence-corrected chi connectivity index (χ4v) is 4.80. The van der Waals surface area contributed by atoms with Gasteiger partial charge in [-0.2, -0.15) is 0 Å². The van der Waals surface area contributed by atoms with Gasteiger partial charge in [0, 0.05) is 5.75 Å². The van der Waals surface area contributed by atoms with Crippen molar-refractivity contribution < 1.29 is 17.9 Å². The van der Waals surface area contributed by atoms with Gasteiger partial charge in [0.2, 0.25) is 0 Å². The highest BCUT2D eigenvalue weighted by molar-refractivity contribution is 7.98. The molecule has 2 aromatic carbocycles. The molecule has 3 aromatic rings. The summed E-state index contributed by atoms with van der Waals surface area (Å²) in [7, 11) is -2.66. The van der Waals surface area contributed by atoms with Gasteiger partial charge in [-0.15, -0.1) is 11.8 Å². The first-order valence-electron chi connectivity index (χ1n) is 8.94. The lowest BCUT2D eigenvalue weighted by molar-refractivity contribution is 0.0599. The second kappa shape index (κ2) is 9.91. The molecule has 0 bridgehead atoms. The first kappa shape index (κ1) is 23.4. The van der Waals surface area contributed by atoms with Gasteiger partial charge in [0.1, 0.15) is 0 Å². The number of thioether (sulfide) groups is 1. The maximum atomic E-state index is 12.7. The Morgan fingerprint density at radius 1 is 1.10 bits per heavy atom. The molecule has 0 saturated carbocycles. The minimum atomic E-state index is -3.90. The monoisotopic (exact) mass is 496 g/mol. The molecule has 1 N–H and O–H groups in total. The predicted octanol–water partition coefficient (Wildman–Crippen LogP) is 5.58. The molecular weight excluding hydrogens is 479 g/mol. The highest BCUT2D eigenvalue weighted by Gasteiger charge is 2.19. The van der Waals surface area contributed by atoms with E-state index >= 15 is 0 Å². The van der Waals surface area contributed by atoms with Crippen molar-refractivity contribution in [3.63, 3.8) is 0 Å². The molecule has 0 amide bonds. The van der Waals surface area contributed by atoms with Crippen LogP contribution in [0.5, 0.6) is 0 Å². The normalized spacial score (nSPS) is 11.2. The van der Waals surface area contributed by atoms with Gasteiger partial charge in [-0.3, -0.25) is 4.72 Å². The number of anilines is 1. The molecule has 3 rings (SSSR count). The minimum absolute atomic E-state index is 0.0448. The summed E-state index contributed by atoms with van der Waals surface area (Å²) < 4.78 is 32.6. The summed E-state index contributed by atoms with van der Waals surface area (Å²) in [6.45, 7) is 1.70. The third-order valence-corrected chi connectivity index (χ3v) is 7.42. The molecule has 0 aliphatic heterocycles. The van der Waals surface area contributed by atoms with E-state index in [0.717, 1.165) is 10.6 Å². The minimum Gasteiger partial charge on any atom is -0.465 e. The predicted molar refractivity (Wildman–Crippen MR) is 124 cm³/mol. The fourth-order valence-electron chi connectivity index (χ4n) is 2.62. The van der Waals surface area contributed by atoms with E-state index in [0.29, 0.717) is 27.0 Å². The summed E-state index contributed by atoms with van der Waals surface area (Å²) >= 11 is 13.4. The maximum absolute atomic E-state index is 12.7. The Kier molecular flexibility index (Phi) is 7.48. The van der Waals surface area contributed by atoms with E-state index in [1.54, 1.807) is 37.3 Å². The van der Waals surface area contributed by atoms with Gasteiger partial charge >= 0.3 is 5.97 Å². The number of hydrogen-bond donors (Lipinski definition) is 1. The Labute approximate surface area is 195 Å². The molecule has 162 valence electrons. The van der Waals surface area contributed by atoms with Crippen molar-refractivity contribution in [1.29, 1.82) is 0 Å². The smallest absolute Gasteiger partial charge is 0.338 e.